The highest BCUT2D eigenvalue weighted by molar-refractivity contribution is 5.77. The van der Waals surface area contributed by atoms with Crippen LogP contribution in [-0.2, 0) is 4.74 Å². The van der Waals surface area contributed by atoms with E-state index in [9.17, 15) is 4.39 Å². The molecule has 0 amide bonds. The lowest BCUT2D eigenvalue weighted by molar-refractivity contribution is -0.0377. The SMILES string of the molecule is Fc1cc(-n2cnnc2)cc2c1nnn2C1CCCCO1. The van der Waals surface area contributed by atoms with Crippen LogP contribution in [0.15, 0.2) is 24.8 Å². The van der Waals surface area contributed by atoms with Crippen LogP contribution in [0, 0.1) is 5.82 Å². The molecule has 4 rings (SSSR count). The van der Waals surface area contributed by atoms with Crippen molar-refractivity contribution in [2.24, 2.45) is 0 Å². The molecule has 3 aromatic rings. The maximum Gasteiger partial charge on any atom is 0.155 e. The highest BCUT2D eigenvalue weighted by Crippen LogP contribution is 2.27. The van der Waals surface area contributed by atoms with E-state index in [0.717, 1.165) is 19.3 Å². The van der Waals surface area contributed by atoms with E-state index in [1.165, 1.54) is 18.7 Å². The summed E-state index contributed by atoms with van der Waals surface area (Å²) in [5.74, 6) is -0.418. The molecule has 0 saturated carbocycles. The number of aromatic nitrogens is 6. The molecule has 1 unspecified atom stereocenters. The van der Waals surface area contributed by atoms with Crippen molar-refractivity contribution >= 4 is 11.0 Å². The summed E-state index contributed by atoms with van der Waals surface area (Å²) in [6.07, 6.45) is 5.83. The van der Waals surface area contributed by atoms with Crippen LogP contribution in [0.3, 0.4) is 0 Å². The molecule has 0 bridgehead atoms. The van der Waals surface area contributed by atoms with E-state index in [1.807, 2.05) is 6.07 Å². The molecule has 1 aliphatic heterocycles. The minimum atomic E-state index is -0.418. The predicted octanol–water partition coefficient (Wildman–Crippen LogP) is 1.85. The first-order valence-electron chi connectivity index (χ1n) is 6.84. The molecule has 8 heteroatoms. The van der Waals surface area contributed by atoms with Gasteiger partial charge in [0.2, 0.25) is 0 Å². The van der Waals surface area contributed by atoms with Gasteiger partial charge in [-0.15, -0.1) is 15.3 Å². The highest BCUT2D eigenvalue weighted by Gasteiger charge is 2.21. The van der Waals surface area contributed by atoms with E-state index in [1.54, 1.807) is 9.25 Å². The van der Waals surface area contributed by atoms with Gasteiger partial charge < -0.3 is 4.74 Å². The van der Waals surface area contributed by atoms with Crippen molar-refractivity contribution < 1.29 is 9.13 Å². The van der Waals surface area contributed by atoms with Gasteiger partial charge in [0, 0.05) is 12.7 Å². The zero-order valence-corrected chi connectivity index (χ0v) is 11.2. The molecule has 1 aromatic carbocycles. The zero-order valence-electron chi connectivity index (χ0n) is 11.2. The van der Waals surface area contributed by atoms with Gasteiger partial charge in [-0.2, -0.15) is 0 Å². The number of ether oxygens (including phenoxy) is 1. The van der Waals surface area contributed by atoms with Gasteiger partial charge in [0.25, 0.3) is 0 Å². The fraction of sp³-hybridized carbons (Fsp3) is 0.385. The van der Waals surface area contributed by atoms with Crippen LogP contribution in [-0.4, -0.2) is 36.4 Å². The summed E-state index contributed by atoms with van der Waals surface area (Å²) < 4.78 is 23.2. The summed E-state index contributed by atoms with van der Waals surface area (Å²) in [7, 11) is 0. The second-order valence-corrected chi connectivity index (χ2v) is 5.02. The molecule has 7 nitrogen and oxygen atoms in total. The molecule has 21 heavy (non-hydrogen) atoms. The Labute approximate surface area is 119 Å². The summed E-state index contributed by atoms with van der Waals surface area (Å²) in [5, 5.41) is 15.5. The molecular formula is C13H13FN6O. The van der Waals surface area contributed by atoms with Gasteiger partial charge in [-0.1, -0.05) is 5.21 Å². The second-order valence-electron chi connectivity index (χ2n) is 5.02. The first kappa shape index (κ1) is 12.4. The largest absolute Gasteiger partial charge is 0.356 e. The van der Waals surface area contributed by atoms with Gasteiger partial charge in [-0.3, -0.25) is 4.57 Å². The standard InChI is InChI=1S/C13H13FN6O/c14-10-5-9(19-7-15-16-8-19)6-11-13(10)17-18-20(11)12-3-1-2-4-21-12/h5-8,12H,1-4H2. The van der Waals surface area contributed by atoms with Crippen molar-refractivity contribution in [1.29, 1.82) is 0 Å². The monoisotopic (exact) mass is 288 g/mol. The Bertz CT molecular complexity index is 762. The Morgan fingerprint density at radius 1 is 1.19 bits per heavy atom. The third-order valence-electron chi connectivity index (χ3n) is 3.66. The smallest absolute Gasteiger partial charge is 0.155 e. The molecule has 1 aliphatic rings. The average molecular weight is 288 g/mol. The predicted molar refractivity (Wildman–Crippen MR) is 71.2 cm³/mol. The molecule has 1 atom stereocenters. The second kappa shape index (κ2) is 4.88. The molecule has 2 aromatic heterocycles. The number of fused-ring (bicyclic) bond motifs is 1. The Morgan fingerprint density at radius 2 is 2.05 bits per heavy atom. The van der Waals surface area contributed by atoms with E-state index in [-0.39, 0.29) is 11.7 Å². The van der Waals surface area contributed by atoms with Crippen LogP contribution < -0.4 is 0 Å². The molecule has 3 heterocycles. The van der Waals surface area contributed by atoms with Crippen molar-refractivity contribution in [3.8, 4) is 5.69 Å². The van der Waals surface area contributed by atoms with E-state index < -0.39 is 5.82 Å². The lowest BCUT2D eigenvalue weighted by Crippen LogP contribution is -2.19. The van der Waals surface area contributed by atoms with Crippen LogP contribution in [0.5, 0.6) is 0 Å². The van der Waals surface area contributed by atoms with Crippen molar-refractivity contribution in [3.05, 3.63) is 30.6 Å². The van der Waals surface area contributed by atoms with Gasteiger partial charge in [0.1, 0.15) is 18.2 Å². The van der Waals surface area contributed by atoms with Gasteiger partial charge >= 0.3 is 0 Å². The van der Waals surface area contributed by atoms with Crippen molar-refractivity contribution in [2.75, 3.05) is 6.61 Å². The Hall–Kier alpha value is -2.35. The molecule has 1 saturated heterocycles. The first-order valence-corrected chi connectivity index (χ1v) is 6.84. The Balaban J connectivity index is 1.85. The summed E-state index contributed by atoms with van der Waals surface area (Å²) in [6, 6.07) is 3.21. The maximum atomic E-state index is 14.2. The molecule has 0 N–H and O–H groups in total. The normalized spacial score (nSPS) is 19.2. The quantitative estimate of drug-likeness (QED) is 0.719. The van der Waals surface area contributed by atoms with Crippen molar-refractivity contribution in [1.82, 2.24) is 29.8 Å². The number of benzene rings is 1. The van der Waals surface area contributed by atoms with Crippen LogP contribution in [0.25, 0.3) is 16.7 Å². The van der Waals surface area contributed by atoms with Crippen LogP contribution in [0.1, 0.15) is 25.5 Å². The first-order chi connectivity index (χ1) is 10.3. The lowest BCUT2D eigenvalue weighted by Gasteiger charge is -2.22. The molecule has 108 valence electrons. The van der Waals surface area contributed by atoms with E-state index in [0.29, 0.717) is 17.8 Å². The van der Waals surface area contributed by atoms with Gasteiger partial charge in [-0.25, -0.2) is 9.07 Å². The molecule has 0 radical (unpaired) electrons. The Kier molecular flexibility index (Phi) is 2.88. The van der Waals surface area contributed by atoms with E-state index >= 15 is 0 Å². The number of halogens is 1. The van der Waals surface area contributed by atoms with E-state index in [4.69, 9.17) is 4.74 Å². The molecule has 0 spiro atoms. The number of rotatable bonds is 2. The van der Waals surface area contributed by atoms with Gasteiger partial charge in [0.05, 0.1) is 11.2 Å². The molecule has 0 aliphatic carbocycles. The fourth-order valence-electron chi connectivity index (χ4n) is 2.60. The lowest BCUT2D eigenvalue weighted by atomic mass is 10.2. The average Bonchev–Trinajstić information content (AvgIpc) is 3.18. The third kappa shape index (κ3) is 2.07. The van der Waals surface area contributed by atoms with Crippen LogP contribution >= 0.6 is 0 Å². The van der Waals surface area contributed by atoms with Gasteiger partial charge in [0.15, 0.2) is 12.0 Å². The minimum absolute atomic E-state index is 0.181. The number of hydrogen-bond acceptors (Lipinski definition) is 5. The highest BCUT2D eigenvalue weighted by atomic mass is 19.1. The zero-order chi connectivity index (χ0) is 14.2. The summed E-state index contributed by atoms with van der Waals surface area (Å²) >= 11 is 0. The molecular weight excluding hydrogens is 275 g/mol. The van der Waals surface area contributed by atoms with Crippen molar-refractivity contribution in [2.45, 2.75) is 25.5 Å². The van der Waals surface area contributed by atoms with Crippen LogP contribution in [0.4, 0.5) is 4.39 Å². The Morgan fingerprint density at radius 3 is 2.81 bits per heavy atom. The topological polar surface area (TPSA) is 70.7 Å². The summed E-state index contributed by atoms with van der Waals surface area (Å²) in [6.45, 7) is 0.694. The van der Waals surface area contributed by atoms with Crippen LogP contribution in [0.2, 0.25) is 0 Å². The minimum Gasteiger partial charge on any atom is -0.356 e. The van der Waals surface area contributed by atoms with Gasteiger partial charge in [-0.05, 0) is 25.3 Å². The van der Waals surface area contributed by atoms with Crippen molar-refractivity contribution in [3.63, 3.8) is 0 Å². The maximum absolute atomic E-state index is 14.2. The number of hydrogen-bond donors (Lipinski definition) is 0. The summed E-state index contributed by atoms with van der Waals surface area (Å²) in [4.78, 5) is 0. The third-order valence-corrected chi connectivity index (χ3v) is 3.66. The molecule has 1 fully saturated rings. The fourth-order valence-corrected chi connectivity index (χ4v) is 2.60. The number of nitrogens with zero attached hydrogens (tertiary/aromatic N) is 6. The van der Waals surface area contributed by atoms with E-state index in [2.05, 4.69) is 20.5 Å². The summed E-state index contributed by atoms with van der Waals surface area (Å²) in [5.41, 5.74) is 1.50.